The first-order valence-corrected chi connectivity index (χ1v) is 13.6. The Bertz CT molecular complexity index is 1180. The second-order valence-electron chi connectivity index (χ2n) is 8.51. The van der Waals surface area contributed by atoms with Crippen molar-refractivity contribution >= 4 is 27.3 Å². The van der Waals surface area contributed by atoms with E-state index in [-0.39, 0.29) is 29.8 Å². The molecule has 3 aromatic rings. The zero-order chi connectivity index (χ0) is 24.7. The number of hydrogen-bond acceptors (Lipinski definition) is 4. The third-order valence-corrected chi connectivity index (χ3v) is 8.50. The highest BCUT2D eigenvalue weighted by Crippen LogP contribution is 2.22. The normalized spacial score (nSPS) is 12.6. The lowest BCUT2D eigenvalue weighted by Crippen LogP contribution is -2.44. The maximum atomic E-state index is 13.5. The van der Waals surface area contributed by atoms with Gasteiger partial charge in [0.1, 0.15) is 5.82 Å². The molecule has 1 atom stereocenters. The molecule has 0 saturated heterocycles. The molecule has 0 bridgehead atoms. The van der Waals surface area contributed by atoms with E-state index in [1.807, 2.05) is 63.2 Å². The Morgan fingerprint density at radius 2 is 1.68 bits per heavy atom. The molecule has 0 fully saturated rings. The summed E-state index contributed by atoms with van der Waals surface area (Å²) in [6, 6.07) is 18.4. The number of hydrogen-bond donors (Lipinski definition) is 0. The van der Waals surface area contributed by atoms with Crippen molar-refractivity contribution in [3.63, 3.8) is 0 Å². The van der Waals surface area contributed by atoms with Crippen LogP contribution in [-0.2, 0) is 27.9 Å². The lowest BCUT2D eigenvalue weighted by Gasteiger charge is -2.28. The van der Waals surface area contributed by atoms with Gasteiger partial charge in [0.05, 0.1) is 18.0 Å². The molecule has 0 spiro atoms. The van der Waals surface area contributed by atoms with Crippen molar-refractivity contribution in [2.75, 3.05) is 13.1 Å². The molecule has 8 heteroatoms. The first-order chi connectivity index (χ1) is 16.2. The van der Waals surface area contributed by atoms with Crippen molar-refractivity contribution in [2.45, 2.75) is 45.2 Å². The lowest BCUT2D eigenvalue weighted by atomic mass is 10.1. The molecule has 1 amide bonds. The molecule has 3 rings (SSSR count). The fourth-order valence-electron chi connectivity index (χ4n) is 3.53. The second-order valence-corrected chi connectivity index (χ2v) is 11.8. The number of nitrogens with zero attached hydrogens (tertiary/aromatic N) is 2. The maximum Gasteiger partial charge on any atom is 0.243 e. The van der Waals surface area contributed by atoms with Crippen molar-refractivity contribution in [1.82, 2.24) is 9.21 Å². The number of benzene rings is 2. The van der Waals surface area contributed by atoms with Gasteiger partial charge in [-0.05, 0) is 54.8 Å². The predicted molar refractivity (Wildman–Crippen MR) is 134 cm³/mol. The molecule has 34 heavy (non-hydrogen) atoms. The number of halogens is 1. The van der Waals surface area contributed by atoms with E-state index in [0.29, 0.717) is 13.1 Å². The third-order valence-electron chi connectivity index (χ3n) is 5.69. The van der Waals surface area contributed by atoms with Crippen LogP contribution in [-0.4, -0.2) is 36.6 Å². The van der Waals surface area contributed by atoms with E-state index < -0.39 is 15.8 Å². The summed E-state index contributed by atoms with van der Waals surface area (Å²) in [5.74, 6) is -0.724. The summed E-state index contributed by atoms with van der Waals surface area (Å²) in [4.78, 5) is 17.4. The van der Waals surface area contributed by atoms with Gasteiger partial charge < -0.3 is 4.90 Å². The average Bonchev–Trinajstić information content (AvgIpc) is 3.23. The largest absolute Gasteiger partial charge is 0.332 e. The molecule has 0 aliphatic rings. The van der Waals surface area contributed by atoms with E-state index in [9.17, 15) is 17.6 Å². The SMILES string of the molecule is CCC(C)CN(CC(=O)N(Cc1ccccc1)Cc1ccc(C)s1)S(=O)(=O)c1ccc(F)cc1. The lowest BCUT2D eigenvalue weighted by molar-refractivity contribution is -0.132. The second kappa shape index (κ2) is 11.7. The van der Waals surface area contributed by atoms with Crippen LogP contribution in [0, 0.1) is 18.7 Å². The van der Waals surface area contributed by atoms with Gasteiger partial charge in [-0.25, -0.2) is 12.8 Å². The Hall–Kier alpha value is -2.55. The molecule has 0 radical (unpaired) electrons. The van der Waals surface area contributed by atoms with Crippen LogP contribution in [0.25, 0.3) is 0 Å². The van der Waals surface area contributed by atoms with Crippen molar-refractivity contribution in [2.24, 2.45) is 5.92 Å². The molecule has 5 nitrogen and oxygen atoms in total. The monoisotopic (exact) mass is 502 g/mol. The molecule has 0 saturated carbocycles. The summed E-state index contributed by atoms with van der Waals surface area (Å²) >= 11 is 1.62. The molecule has 0 aliphatic heterocycles. The van der Waals surface area contributed by atoms with Crippen LogP contribution in [0.1, 0.15) is 35.6 Å². The topological polar surface area (TPSA) is 57.7 Å². The van der Waals surface area contributed by atoms with E-state index in [0.717, 1.165) is 33.9 Å². The molecule has 0 aliphatic carbocycles. The van der Waals surface area contributed by atoms with E-state index in [4.69, 9.17) is 0 Å². The molecular formula is C26H31FN2O3S2. The first-order valence-electron chi connectivity index (χ1n) is 11.3. The molecule has 1 aromatic heterocycles. The number of aryl methyl sites for hydroxylation is 1. The number of sulfonamides is 1. The molecule has 1 unspecified atom stereocenters. The van der Waals surface area contributed by atoms with Crippen LogP contribution in [0.15, 0.2) is 71.6 Å². The minimum Gasteiger partial charge on any atom is -0.332 e. The number of rotatable bonds is 11. The average molecular weight is 503 g/mol. The molecule has 182 valence electrons. The summed E-state index contributed by atoms with van der Waals surface area (Å²) in [5, 5.41) is 0. The van der Waals surface area contributed by atoms with Gasteiger partial charge in [0.25, 0.3) is 0 Å². The van der Waals surface area contributed by atoms with Gasteiger partial charge in [-0.3, -0.25) is 4.79 Å². The smallest absolute Gasteiger partial charge is 0.243 e. The van der Waals surface area contributed by atoms with E-state index >= 15 is 0 Å². The van der Waals surface area contributed by atoms with Gasteiger partial charge in [0.15, 0.2) is 0 Å². The van der Waals surface area contributed by atoms with Crippen LogP contribution in [0.3, 0.4) is 0 Å². The third kappa shape index (κ3) is 6.98. The van der Waals surface area contributed by atoms with Crippen molar-refractivity contribution in [3.8, 4) is 0 Å². The van der Waals surface area contributed by atoms with Gasteiger partial charge in [-0.15, -0.1) is 11.3 Å². The quantitative estimate of drug-likeness (QED) is 0.350. The first kappa shape index (κ1) is 26.1. The van der Waals surface area contributed by atoms with Gasteiger partial charge in [0, 0.05) is 22.8 Å². The highest BCUT2D eigenvalue weighted by atomic mass is 32.2. The van der Waals surface area contributed by atoms with Crippen LogP contribution < -0.4 is 0 Å². The number of carbonyl (C=O) groups is 1. The molecule has 2 aromatic carbocycles. The molecule has 0 N–H and O–H groups in total. The summed E-state index contributed by atoms with van der Waals surface area (Å²) in [6.45, 7) is 6.66. The Balaban J connectivity index is 1.88. The van der Waals surface area contributed by atoms with Crippen LogP contribution in [0.2, 0.25) is 0 Å². The summed E-state index contributed by atoms with van der Waals surface area (Å²) in [5.41, 5.74) is 0.971. The van der Waals surface area contributed by atoms with Crippen LogP contribution >= 0.6 is 11.3 Å². The maximum absolute atomic E-state index is 13.5. The van der Waals surface area contributed by atoms with Crippen molar-refractivity contribution < 1.29 is 17.6 Å². The van der Waals surface area contributed by atoms with E-state index in [1.165, 1.54) is 16.4 Å². The number of thiophene rings is 1. The summed E-state index contributed by atoms with van der Waals surface area (Å²) in [6.07, 6.45) is 0.770. The van der Waals surface area contributed by atoms with E-state index in [2.05, 4.69) is 0 Å². The van der Waals surface area contributed by atoms with E-state index in [1.54, 1.807) is 16.2 Å². The number of carbonyl (C=O) groups excluding carboxylic acids is 1. The van der Waals surface area contributed by atoms with Gasteiger partial charge in [0.2, 0.25) is 15.9 Å². The fraction of sp³-hybridized carbons (Fsp3) is 0.346. The van der Waals surface area contributed by atoms with Crippen LogP contribution in [0.4, 0.5) is 4.39 Å². The Labute approximate surface area is 205 Å². The fourth-order valence-corrected chi connectivity index (χ4v) is 5.94. The Kier molecular flexibility index (Phi) is 8.99. The highest BCUT2D eigenvalue weighted by Gasteiger charge is 2.30. The zero-order valence-corrected chi connectivity index (χ0v) is 21.4. The highest BCUT2D eigenvalue weighted by molar-refractivity contribution is 7.89. The summed E-state index contributed by atoms with van der Waals surface area (Å²) in [7, 11) is -3.97. The van der Waals surface area contributed by atoms with Crippen molar-refractivity contribution in [1.29, 1.82) is 0 Å². The molecular weight excluding hydrogens is 471 g/mol. The van der Waals surface area contributed by atoms with Gasteiger partial charge >= 0.3 is 0 Å². The number of amides is 1. The van der Waals surface area contributed by atoms with Gasteiger partial charge in [-0.2, -0.15) is 4.31 Å². The van der Waals surface area contributed by atoms with Gasteiger partial charge in [-0.1, -0.05) is 50.6 Å². The zero-order valence-electron chi connectivity index (χ0n) is 19.8. The summed E-state index contributed by atoms with van der Waals surface area (Å²) < 4.78 is 41.5. The molecule has 1 heterocycles. The van der Waals surface area contributed by atoms with Crippen LogP contribution in [0.5, 0.6) is 0 Å². The Morgan fingerprint density at radius 3 is 2.26 bits per heavy atom. The standard InChI is InChI=1S/C26H31FN2O3S2/c1-4-20(2)16-29(34(31,32)25-14-11-23(27)12-15-25)19-26(30)28(17-22-8-6-5-7-9-22)18-24-13-10-21(3)33-24/h5-15,20H,4,16-19H2,1-3H3. The Morgan fingerprint density at radius 1 is 1.00 bits per heavy atom. The minimum atomic E-state index is -3.97. The minimum absolute atomic E-state index is 0.0199. The predicted octanol–water partition coefficient (Wildman–Crippen LogP) is 5.46. The van der Waals surface area contributed by atoms with Crippen molar-refractivity contribution in [3.05, 3.63) is 87.9 Å².